The van der Waals surface area contributed by atoms with E-state index in [9.17, 15) is 0 Å². The highest BCUT2D eigenvalue weighted by atomic mass is 15.7. The third-order valence-corrected chi connectivity index (χ3v) is 1.62. The van der Waals surface area contributed by atoms with Crippen LogP contribution in [0.3, 0.4) is 0 Å². The van der Waals surface area contributed by atoms with E-state index in [1.54, 1.807) is 22.7 Å². The summed E-state index contributed by atoms with van der Waals surface area (Å²) in [6.45, 7) is 3.28. The molecule has 2 rings (SSSR count). The minimum atomic E-state index is 0.813. The molecular weight excluding hydrogens is 156 g/mol. The summed E-state index contributed by atoms with van der Waals surface area (Å²) in [5, 5.41) is 11.3. The summed E-state index contributed by atoms with van der Waals surface area (Å²) in [5.74, 6) is 0. The van der Waals surface area contributed by atoms with Crippen molar-refractivity contribution in [2.24, 2.45) is 20.4 Å². The summed E-state index contributed by atoms with van der Waals surface area (Å²) in [4.78, 5) is 8.01. The van der Waals surface area contributed by atoms with Gasteiger partial charge < -0.3 is 0 Å². The fraction of sp³-hybridized carbons (Fsp3) is 0.667. The van der Waals surface area contributed by atoms with Gasteiger partial charge in [0.15, 0.2) is 0 Å². The van der Waals surface area contributed by atoms with Crippen molar-refractivity contribution in [3.63, 3.8) is 0 Å². The second kappa shape index (κ2) is 3.29. The molecule has 0 amide bonds. The van der Waals surface area contributed by atoms with Crippen molar-refractivity contribution >= 4 is 12.7 Å². The van der Waals surface area contributed by atoms with Gasteiger partial charge in [-0.25, -0.2) is 10.0 Å². The number of hydrogen-bond acceptors (Lipinski definition) is 4. The fourth-order valence-corrected chi connectivity index (χ4v) is 0.978. The SMILES string of the molecule is C1=NCCN1/N=N/N1C=NCC1. The predicted molar refractivity (Wildman–Crippen MR) is 45.0 cm³/mol. The maximum atomic E-state index is 4.01. The van der Waals surface area contributed by atoms with E-state index in [2.05, 4.69) is 20.4 Å². The van der Waals surface area contributed by atoms with Crippen LogP contribution in [0.15, 0.2) is 20.4 Å². The van der Waals surface area contributed by atoms with Crippen molar-refractivity contribution in [2.45, 2.75) is 0 Å². The van der Waals surface area contributed by atoms with Crippen LogP contribution in [0, 0.1) is 0 Å². The van der Waals surface area contributed by atoms with Crippen LogP contribution < -0.4 is 0 Å². The monoisotopic (exact) mass is 166 g/mol. The van der Waals surface area contributed by atoms with E-state index in [-0.39, 0.29) is 0 Å². The summed E-state index contributed by atoms with van der Waals surface area (Å²) >= 11 is 0. The van der Waals surface area contributed by atoms with Crippen LogP contribution in [0.2, 0.25) is 0 Å². The first-order chi connectivity index (χ1) is 5.95. The Kier molecular flexibility index (Phi) is 1.98. The Bertz CT molecular complexity index is 208. The molecule has 2 aliphatic heterocycles. The molecule has 0 aromatic rings. The van der Waals surface area contributed by atoms with Gasteiger partial charge in [0.1, 0.15) is 12.7 Å². The quantitative estimate of drug-likeness (QED) is 0.540. The molecule has 2 heterocycles. The number of aliphatic imine (C=N–C) groups is 2. The molecule has 0 saturated heterocycles. The van der Waals surface area contributed by atoms with E-state index in [0.717, 1.165) is 26.2 Å². The van der Waals surface area contributed by atoms with Crippen molar-refractivity contribution in [3.05, 3.63) is 0 Å². The zero-order valence-electron chi connectivity index (χ0n) is 6.67. The highest BCUT2D eigenvalue weighted by molar-refractivity contribution is 5.57. The number of hydrogen-bond donors (Lipinski definition) is 0. The molecular formula is C6H10N6. The molecule has 0 bridgehead atoms. The van der Waals surface area contributed by atoms with Gasteiger partial charge in [0, 0.05) is 0 Å². The average molecular weight is 166 g/mol. The lowest BCUT2D eigenvalue weighted by molar-refractivity contribution is 0.372. The number of rotatable bonds is 2. The largest absolute Gasteiger partial charge is 0.272 e. The molecule has 0 aromatic heterocycles. The molecule has 0 spiro atoms. The van der Waals surface area contributed by atoms with Crippen LogP contribution in [-0.2, 0) is 0 Å². The Morgan fingerprint density at radius 3 is 1.75 bits per heavy atom. The molecule has 0 atom stereocenters. The molecule has 0 aromatic carbocycles. The second-order valence-electron chi connectivity index (χ2n) is 2.55. The molecule has 0 saturated carbocycles. The molecule has 12 heavy (non-hydrogen) atoms. The summed E-state index contributed by atoms with van der Waals surface area (Å²) in [6.07, 6.45) is 3.38. The van der Waals surface area contributed by atoms with E-state index in [1.807, 2.05) is 0 Å². The normalized spacial score (nSPS) is 22.0. The molecule has 6 heteroatoms. The van der Waals surface area contributed by atoms with E-state index in [0.29, 0.717) is 0 Å². The van der Waals surface area contributed by atoms with Crippen molar-refractivity contribution in [1.29, 1.82) is 0 Å². The van der Waals surface area contributed by atoms with Gasteiger partial charge in [0.05, 0.1) is 26.2 Å². The van der Waals surface area contributed by atoms with Gasteiger partial charge in [-0.3, -0.25) is 9.98 Å². The Balaban J connectivity index is 1.84. The second-order valence-corrected chi connectivity index (χ2v) is 2.55. The van der Waals surface area contributed by atoms with Crippen molar-refractivity contribution in [3.8, 4) is 0 Å². The van der Waals surface area contributed by atoms with Crippen molar-refractivity contribution < 1.29 is 0 Å². The van der Waals surface area contributed by atoms with Crippen molar-refractivity contribution in [2.75, 3.05) is 26.2 Å². The highest BCUT2D eigenvalue weighted by Crippen LogP contribution is 1.98. The highest BCUT2D eigenvalue weighted by Gasteiger charge is 2.05. The molecule has 0 N–H and O–H groups in total. The Morgan fingerprint density at radius 2 is 1.42 bits per heavy atom. The summed E-state index contributed by atoms with van der Waals surface area (Å²) in [5.41, 5.74) is 0. The molecule has 2 aliphatic rings. The van der Waals surface area contributed by atoms with Gasteiger partial charge >= 0.3 is 0 Å². The lowest BCUT2D eigenvalue weighted by Gasteiger charge is -2.06. The van der Waals surface area contributed by atoms with Crippen LogP contribution in [0.25, 0.3) is 0 Å². The Morgan fingerprint density at radius 1 is 0.917 bits per heavy atom. The van der Waals surface area contributed by atoms with Crippen LogP contribution in [0.5, 0.6) is 0 Å². The molecule has 0 fully saturated rings. The third-order valence-electron chi connectivity index (χ3n) is 1.62. The third kappa shape index (κ3) is 1.58. The van der Waals surface area contributed by atoms with Gasteiger partial charge in [0.25, 0.3) is 0 Å². The lowest BCUT2D eigenvalue weighted by Crippen LogP contribution is -2.16. The number of nitrogens with zero attached hydrogens (tertiary/aromatic N) is 6. The maximum absolute atomic E-state index is 4.01. The first-order valence-corrected chi connectivity index (χ1v) is 3.90. The minimum absolute atomic E-state index is 0.813. The standard InChI is InChI=1S/C6H10N6/c1-3-11(5-7-1)9-10-12-4-2-8-6-12/h5-6H,1-4H2/b10-9+. The van der Waals surface area contributed by atoms with Crippen LogP contribution in [0.4, 0.5) is 0 Å². The molecule has 0 aliphatic carbocycles. The van der Waals surface area contributed by atoms with Gasteiger partial charge in [-0.05, 0) is 10.4 Å². The van der Waals surface area contributed by atoms with Gasteiger partial charge in [-0.2, -0.15) is 0 Å². The van der Waals surface area contributed by atoms with Gasteiger partial charge in [-0.15, -0.1) is 0 Å². The summed E-state index contributed by atoms with van der Waals surface area (Å²) in [6, 6.07) is 0. The summed E-state index contributed by atoms with van der Waals surface area (Å²) in [7, 11) is 0. The van der Waals surface area contributed by atoms with E-state index in [1.165, 1.54) is 0 Å². The molecule has 6 nitrogen and oxygen atoms in total. The first-order valence-electron chi connectivity index (χ1n) is 3.90. The minimum Gasteiger partial charge on any atom is -0.272 e. The zero-order valence-corrected chi connectivity index (χ0v) is 6.67. The van der Waals surface area contributed by atoms with E-state index in [4.69, 9.17) is 0 Å². The molecule has 0 unspecified atom stereocenters. The maximum Gasteiger partial charge on any atom is 0.108 e. The molecule has 0 radical (unpaired) electrons. The van der Waals surface area contributed by atoms with E-state index >= 15 is 0 Å². The van der Waals surface area contributed by atoms with Gasteiger partial charge in [-0.1, -0.05) is 0 Å². The van der Waals surface area contributed by atoms with Gasteiger partial charge in [0.2, 0.25) is 0 Å². The van der Waals surface area contributed by atoms with Crippen LogP contribution >= 0.6 is 0 Å². The fourth-order valence-electron chi connectivity index (χ4n) is 0.978. The van der Waals surface area contributed by atoms with Crippen LogP contribution in [-0.4, -0.2) is 48.9 Å². The molecule has 64 valence electrons. The Hall–Kier alpha value is -1.46. The zero-order chi connectivity index (χ0) is 8.23. The van der Waals surface area contributed by atoms with Crippen molar-refractivity contribution in [1.82, 2.24) is 10.0 Å². The average Bonchev–Trinajstić information content (AvgIpc) is 2.74. The smallest absolute Gasteiger partial charge is 0.108 e. The first kappa shape index (κ1) is 7.20. The lowest BCUT2D eigenvalue weighted by atomic mass is 10.7. The summed E-state index contributed by atoms with van der Waals surface area (Å²) < 4.78 is 0. The topological polar surface area (TPSA) is 55.9 Å². The Labute approximate surface area is 70.2 Å². The van der Waals surface area contributed by atoms with Crippen LogP contribution in [0.1, 0.15) is 0 Å². The predicted octanol–water partition coefficient (Wildman–Crippen LogP) is -0.0436. The van der Waals surface area contributed by atoms with E-state index < -0.39 is 0 Å².